The number of likely N-dealkylation sites (tertiary alicyclic amines) is 1. The van der Waals surface area contributed by atoms with Crippen molar-refractivity contribution in [3.8, 4) is 11.5 Å². The van der Waals surface area contributed by atoms with E-state index in [1.54, 1.807) is 0 Å². The summed E-state index contributed by atoms with van der Waals surface area (Å²) in [6, 6.07) is 5.81. The number of benzene rings is 1. The lowest BCUT2D eigenvalue weighted by Crippen LogP contribution is -2.39. The van der Waals surface area contributed by atoms with Crippen molar-refractivity contribution in [2.45, 2.75) is 46.3 Å². The van der Waals surface area contributed by atoms with Crippen LogP contribution in [0.1, 0.15) is 45.7 Å². The van der Waals surface area contributed by atoms with Crippen LogP contribution in [0.25, 0.3) is 0 Å². The molecule has 9 heteroatoms. The van der Waals surface area contributed by atoms with Crippen LogP contribution in [0.5, 0.6) is 11.5 Å². The summed E-state index contributed by atoms with van der Waals surface area (Å²) in [5.41, 5.74) is 1.02. The van der Waals surface area contributed by atoms with Crippen molar-refractivity contribution in [2.24, 2.45) is 10.9 Å². The Labute approximate surface area is 183 Å². The minimum absolute atomic E-state index is 0.0435. The summed E-state index contributed by atoms with van der Waals surface area (Å²) in [5, 5.41) is 6.59. The minimum Gasteiger partial charge on any atom is -0.490 e. The van der Waals surface area contributed by atoms with E-state index < -0.39 is 12.7 Å². The van der Waals surface area contributed by atoms with Crippen LogP contribution in [-0.4, -0.2) is 63.0 Å². The van der Waals surface area contributed by atoms with Crippen molar-refractivity contribution in [3.63, 3.8) is 0 Å². The first-order valence-electron chi connectivity index (χ1n) is 11.0. The molecule has 0 aliphatic carbocycles. The molecule has 0 bridgehead atoms. The molecule has 1 aromatic rings. The van der Waals surface area contributed by atoms with Gasteiger partial charge in [-0.1, -0.05) is 6.07 Å². The smallest absolute Gasteiger partial charge is 0.401 e. The number of hydrogen-bond acceptors (Lipinski definition) is 4. The van der Waals surface area contributed by atoms with E-state index in [-0.39, 0.29) is 12.0 Å². The van der Waals surface area contributed by atoms with Crippen LogP contribution in [0, 0.1) is 5.92 Å². The molecule has 2 N–H and O–H groups in total. The van der Waals surface area contributed by atoms with Gasteiger partial charge in [-0.3, -0.25) is 9.89 Å². The molecule has 6 nitrogen and oxygen atoms in total. The van der Waals surface area contributed by atoms with Crippen molar-refractivity contribution in [1.29, 1.82) is 0 Å². The second-order valence-corrected chi connectivity index (χ2v) is 7.66. The molecule has 2 rings (SSSR count). The van der Waals surface area contributed by atoms with E-state index in [2.05, 4.69) is 15.6 Å². The molecule has 0 amide bonds. The molecule has 1 aliphatic heterocycles. The maximum Gasteiger partial charge on any atom is 0.401 e. The molecule has 0 radical (unpaired) electrons. The fraction of sp³-hybridized carbons (Fsp3) is 0.682. The topological polar surface area (TPSA) is 58.1 Å². The third-order valence-electron chi connectivity index (χ3n) is 5.05. The van der Waals surface area contributed by atoms with Gasteiger partial charge in [0.05, 0.1) is 25.8 Å². The van der Waals surface area contributed by atoms with Gasteiger partial charge in [0.15, 0.2) is 17.5 Å². The molecule has 2 atom stereocenters. The Bertz CT molecular complexity index is 712. The summed E-state index contributed by atoms with van der Waals surface area (Å²) >= 11 is 0. The van der Waals surface area contributed by atoms with Gasteiger partial charge in [-0.05, 0) is 64.3 Å². The Kier molecular flexibility index (Phi) is 9.74. The summed E-state index contributed by atoms with van der Waals surface area (Å²) in [6.07, 6.45) is -3.42. The number of rotatable bonds is 10. The van der Waals surface area contributed by atoms with Gasteiger partial charge in [0.25, 0.3) is 0 Å². The number of alkyl halides is 3. The molecule has 176 valence electrons. The van der Waals surface area contributed by atoms with E-state index >= 15 is 0 Å². The molecule has 2 unspecified atom stereocenters. The van der Waals surface area contributed by atoms with Gasteiger partial charge < -0.3 is 20.1 Å². The molecule has 1 fully saturated rings. The van der Waals surface area contributed by atoms with Crippen molar-refractivity contribution in [3.05, 3.63) is 23.8 Å². The van der Waals surface area contributed by atoms with Crippen LogP contribution < -0.4 is 20.1 Å². The monoisotopic (exact) mass is 444 g/mol. The fourth-order valence-corrected chi connectivity index (χ4v) is 3.62. The van der Waals surface area contributed by atoms with Gasteiger partial charge in [-0.15, -0.1) is 0 Å². The highest BCUT2D eigenvalue weighted by Crippen LogP contribution is 2.30. The summed E-state index contributed by atoms with van der Waals surface area (Å²) in [4.78, 5) is 6.08. The normalized spacial score (nSPS) is 18.7. The molecule has 0 aromatic heterocycles. The van der Waals surface area contributed by atoms with Crippen molar-refractivity contribution >= 4 is 5.96 Å². The number of halogens is 3. The summed E-state index contributed by atoms with van der Waals surface area (Å²) in [6.45, 7) is 10.2. The van der Waals surface area contributed by atoms with Gasteiger partial charge in [0, 0.05) is 19.6 Å². The zero-order valence-corrected chi connectivity index (χ0v) is 18.9. The third-order valence-corrected chi connectivity index (χ3v) is 5.05. The Morgan fingerprint density at radius 1 is 1.19 bits per heavy atom. The SMILES string of the molecule is CCNC(=NCC1CCN(CC(F)(F)F)C1)NC(C)c1ccc(OCC)c(OCC)c1. The van der Waals surface area contributed by atoms with Crippen LogP contribution >= 0.6 is 0 Å². The largest absolute Gasteiger partial charge is 0.490 e. The second-order valence-electron chi connectivity index (χ2n) is 7.66. The van der Waals surface area contributed by atoms with Crippen LogP contribution in [0.2, 0.25) is 0 Å². The minimum atomic E-state index is -4.15. The van der Waals surface area contributed by atoms with Crippen LogP contribution in [0.3, 0.4) is 0 Å². The number of hydrogen-bond donors (Lipinski definition) is 2. The van der Waals surface area contributed by atoms with E-state index in [1.807, 2.05) is 45.9 Å². The molecular weight excluding hydrogens is 409 g/mol. The molecule has 0 spiro atoms. The molecule has 1 aliphatic rings. The highest BCUT2D eigenvalue weighted by Gasteiger charge is 2.34. The van der Waals surface area contributed by atoms with Gasteiger partial charge in [-0.2, -0.15) is 13.2 Å². The maximum atomic E-state index is 12.6. The van der Waals surface area contributed by atoms with E-state index in [9.17, 15) is 13.2 Å². The zero-order valence-electron chi connectivity index (χ0n) is 18.9. The Balaban J connectivity index is 2.00. The first-order chi connectivity index (χ1) is 14.8. The lowest BCUT2D eigenvalue weighted by Gasteiger charge is -2.20. The Morgan fingerprint density at radius 2 is 1.90 bits per heavy atom. The average Bonchev–Trinajstić information content (AvgIpc) is 3.13. The van der Waals surface area contributed by atoms with E-state index in [1.165, 1.54) is 4.90 Å². The van der Waals surface area contributed by atoms with Gasteiger partial charge in [-0.25, -0.2) is 0 Å². The molecular formula is C22H35F3N4O2. The average molecular weight is 445 g/mol. The lowest BCUT2D eigenvalue weighted by molar-refractivity contribution is -0.143. The molecule has 0 saturated carbocycles. The highest BCUT2D eigenvalue weighted by atomic mass is 19.4. The summed E-state index contributed by atoms with van der Waals surface area (Å²) in [7, 11) is 0. The maximum absolute atomic E-state index is 12.6. The standard InChI is InChI=1S/C22H35F3N4O2/c1-5-26-21(27-13-17-10-11-29(14-17)15-22(23,24)25)28-16(4)18-8-9-19(30-6-2)20(12-18)31-7-3/h8-9,12,16-17H,5-7,10-11,13-15H2,1-4H3,(H2,26,27,28). The summed E-state index contributed by atoms with van der Waals surface area (Å²) in [5.74, 6) is 2.19. The summed E-state index contributed by atoms with van der Waals surface area (Å²) < 4.78 is 49.1. The quantitative estimate of drug-likeness (QED) is 0.422. The zero-order chi connectivity index (χ0) is 22.9. The predicted octanol–water partition coefficient (Wildman–Crippen LogP) is 3.98. The first kappa shape index (κ1) is 25.1. The van der Waals surface area contributed by atoms with E-state index in [0.29, 0.717) is 56.9 Å². The third kappa shape index (κ3) is 8.47. The Hall–Kier alpha value is -2.16. The predicted molar refractivity (Wildman–Crippen MR) is 117 cm³/mol. The van der Waals surface area contributed by atoms with E-state index in [0.717, 1.165) is 12.0 Å². The van der Waals surface area contributed by atoms with Crippen molar-refractivity contribution < 1.29 is 22.6 Å². The first-order valence-corrected chi connectivity index (χ1v) is 11.0. The molecule has 1 aromatic carbocycles. The number of nitrogens with one attached hydrogen (secondary N) is 2. The van der Waals surface area contributed by atoms with Gasteiger partial charge in [0.1, 0.15) is 0 Å². The van der Waals surface area contributed by atoms with Crippen LogP contribution in [-0.2, 0) is 0 Å². The number of guanidine groups is 1. The fourth-order valence-electron chi connectivity index (χ4n) is 3.62. The van der Waals surface area contributed by atoms with Crippen molar-refractivity contribution in [1.82, 2.24) is 15.5 Å². The molecule has 31 heavy (non-hydrogen) atoms. The second kappa shape index (κ2) is 12.0. The van der Waals surface area contributed by atoms with Gasteiger partial charge in [0.2, 0.25) is 0 Å². The van der Waals surface area contributed by atoms with Crippen LogP contribution in [0.4, 0.5) is 13.2 Å². The van der Waals surface area contributed by atoms with Crippen LogP contribution in [0.15, 0.2) is 23.2 Å². The van der Waals surface area contributed by atoms with E-state index in [4.69, 9.17) is 9.47 Å². The molecule has 1 saturated heterocycles. The number of aliphatic imine (C=N–C) groups is 1. The van der Waals surface area contributed by atoms with Gasteiger partial charge >= 0.3 is 6.18 Å². The lowest BCUT2D eigenvalue weighted by atomic mass is 10.1. The number of ether oxygens (including phenoxy) is 2. The highest BCUT2D eigenvalue weighted by molar-refractivity contribution is 5.80. The Morgan fingerprint density at radius 3 is 2.55 bits per heavy atom. The molecule has 1 heterocycles. The number of nitrogens with zero attached hydrogens (tertiary/aromatic N) is 2. The van der Waals surface area contributed by atoms with Crippen molar-refractivity contribution in [2.75, 3.05) is 45.9 Å².